The molecule has 8 fully saturated rings. The quantitative estimate of drug-likeness (QED) is 0.305. The van der Waals surface area contributed by atoms with Crippen molar-refractivity contribution >= 4 is 23.3 Å². The number of carbonyl (C=O) groups is 4. The Labute approximate surface area is 253 Å². The first kappa shape index (κ1) is 29.2. The number of carbonyl (C=O) groups excluding carboxylic acids is 4. The molecule has 232 valence electrons. The van der Waals surface area contributed by atoms with Crippen LogP contribution in [0.1, 0.15) is 131 Å². The van der Waals surface area contributed by atoms with Gasteiger partial charge in [-0.3, -0.25) is 19.2 Å². The Morgan fingerprint density at radius 1 is 0.929 bits per heavy atom. The minimum atomic E-state index is -0.494. The Kier molecular flexibility index (Phi) is 6.77. The van der Waals surface area contributed by atoms with Crippen molar-refractivity contribution in [2.75, 3.05) is 0 Å². The van der Waals surface area contributed by atoms with Crippen LogP contribution in [0.25, 0.3) is 0 Å². The molecule has 0 aromatic carbocycles. The Bertz CT molecular complexity index is 1150. The van der Waals surface area contributed by atoms with E-state index < -0.39 is 11.0 Å². The van der Waals surface area contributed by atoms with E-state index >= 15 is 0 Å². The predicted molar refractivity (Wildman–Crippen MR) is 160 cm³/mol. The van der Waals surface area contributed by atoms with Gasteiger partial charge in [-0.15, -0.1) is 0 Å². The monoisotopic (exact) mass is 578 g/mol. The van der Waals surface area contributed by atoms with E-state index in [1.165, 1.54) is 38.5 Å². The lowest BCUT2D eigenvalue weighted by Crippen LogP contribution is -2.60. The fourth-order valence-electron chi connectivity index (χ4n) is 13.2. The number of rotatable bonds is 6. The van der Waals surface area contributed by atoms with Crippen LogP contribution in [0.15, 0.2) is 0 Å². The topological polar surface area (TPSA) is 77.5 Å². The molecule has 8 unspecified atom stereocenters. The number of ether oxygens (including phenoxy) is 1. The van der Waals surface area contributed by atoms with E-state index in [1.807, 2.05) is 0 Å². The molecule has 8 atom stereocenters. The van der Waals surface area contributed by atoms with Crippen LogP contribution >= 0.6 is 0 Å². The molecule has 0 heterocycles. The maximum absolute atomic E-state index is 14.1. The Hall–Kier alpha value is -1.52. The Morgan fingerprint density at radius 2 is 1.57 bits per heavy atom. The fourth-order valence-corrected chi connectivity index (χ4v) is 13.2. The van der Waals surface area contributed by atoms with Crippen LogP contribution in [0.4, 0.5) is 0 Å². The minimum absolute atomic E-state index is 0.0506. The SMILES string of the molecule is CC(CCC(=O)OC(C)(C)C12CC3CC(CC(C3)C1)C2)C1CCC2C3C(=O)CC4CC(=O)CCC4(C)C3CC(=O)C12C. The van der Waals surface area contributed by atoms with E-state index in [0.717, 1.165) is 43.4 Å². The number of hydrogen-bond acceptors (Lipinski definition) is 5. The van der Waals surface area contributed by atoms with E-state index in [9.17, 15) is 19.2 Å². The summed E-state index contributed by atoms with van der Waals surface area (Å²) in [5.74, 6) is 3.98. The largest absolute Gasteiger partial charge is 0.459 e. The smallest absolute Gasteiger partial charge is 0.306 e. The third-order valence-corrected chi connectivity index (χ3v) is 15.4. The molecule has 8 aliphatic carbocycles. The zero-order valence-electron chi connectivity index (χ0n) is 26.8. The summed E-state index contributed by atoms with van der Waals surface area (Å²) in [5.41, 5.74) is -0.859. The Morgan fingerprint density at radius 3 is 2.21 bits per heavy atom. The maximum Gasteiger partial charge on any atom is 0.306 e. The van der Waals surface area contributed by atoms with E-state index in [-0.39, 0.29) is 58.1 Å². The first-order valence-corrected chi connectivity index (χ1v) is 17.6. The summed E-state index contributed by atoms with van der Waals surface area (Å²) in [6.45, 7) is 11.0. The van der Waals surface area contributed by atoms with Crippen LogP contribution in [-0.4, -0.2) is 28.9 Å². The maximum atomic E-state index is 14.1. The van der Waals surface area contributed by atoms with Crippen LogP contribution in [0.3, 0.4) is 0 Å². The van der Waals surface area contributed by atoms with Crippen LogP contribution < -0.4 is 0 Å². The lowest BCUT2D eigenvalue weighted by molar-refractivity contribution is -0.199. The third-order valence-electron chi connectivity index (χ3n) is 15.4. The molecule has 8 saturated carbocycles. The molecule has 8 aliphatic rings. The summed E-state index contributed by atoms with van der Waals surface area (Å²) in [6, 6.07) is 0. The molecule has 0 amide bonds. The van der Waals surface area contributed by atoms with Gasteiger partial charge in [-0.05, 0) is 131 Å². The summed E-state index contributed by atoms with van der Waals surface area (Å²) >= 11 is 0. The molecule has 0 aromatic rings. The van der Waals surface area contributed by atoms with Crippen molar-refractivity contribution in [2.24, 2.45) is 69.5 Å². The molecule has 0 radical (unpaired) electrons. The lowest BCUT2D eigenvalue weighted by Gasteiger charge is -2.61. The number of Topliss-reactive ketones (excluding diaryl/α,β-unsaturated/α-hetero) is 3. The summed E-state index contributed by atoms with van der Waals surface area (Å²) in [5, 5.41) is 0. The van der Waals surface area contributed by atoms with Crippen molar-refractivity contribution in [1.82, 2.24) is 0 Å². The predicted octanol–water partition coefficient (Wildman–Crippen LogP) is 7.53. The molecule has 5 heteroatoms. The summed E-state index contributed by atoms with van der Waals surface area (Å²) < 4.78 is 6.37. The zero-order valence-corrected chi connectivity index (χ0v) is 26.8. The number of ketones is 3. The van der Waals surface area contributed by atoms with Gasteiger partial charge >= 0.3 is 5.97 Å². The van der Waals surface area contributed by atoms with Gasteiger partial charge in [-0.25, -0.2) is 0 Å². The first-order valence-electron chi connectivity index (χ1n) is 17.6. The highest BCUT2D eigenvalue weighted by Crippen LogP contribution is 2.67. The minimum Gasteiger partial charge on any atom is -0.459 e. The molecule has 0 spiro atoms. The lowest BCUT2D eigenvalue weighted by atomic mass is 9.44. The van der Waals surface area contributed by atoms with Gasteiger partial charge in [-0.2, -0.15) is 0 Å². The standard InChI is InChI=1S/C37H54O5/c1-21(6-9-32(41)42-34(2,3)37-18-22-12-23(19-37)14-24(13-22)20-37)27-7-8-28-33-29(17-31(40)36(27,28)5)35(4)11-10-26(38)15-25(35)16-30(33)39/h21-25,27-29,33H,6-20H2,1-5H3. The fraction of sp³-hybridized carbons (Fsp3) is 0.892. The molecular weight excluding hydrogens is 524 g/mol. The second-order valence-electron chi connectivity index (χ2n) is 17.6. The highest BCUT2D eigenvalue weighted by atomic mass is 16.6. The van der Waals surface area contributed by atoms with Crippen LogP contribution in [0.2, 0.25) is 0 Å². The molecule has 0 aliphatic heterocycles. The summed E-state index contributed by atoms with van der Waals surface area (Å²) in [7, 11) is 0. The van der Waals surface area contributed by atoms with Crippen LogP contribution in [0, 0.1) is 69.5 Å². The van der Waals surface area contributed by atoms with Crippen molar-refractivity contribution in [2.45, 2.75) is 137 Å². The van der Waals surface area contributed by atoms with Crippen LogP contribution in [-0.2, 0) is 23.9 Å². The average Bonchev–Trinajstić information content (AvgIpc) is 3.26. The normalized spacial score (nSPS) is 48.5. The van der Waals surface area contributed by atoms with Gasteiger partial charge in [0.05, 0.1) is 0 Å². The average molecular weight is 579 g/mol. The molecule has 5 nitrogen and oxygen atoms in total. The third kappa shape index (κ3) is 4.20. The van der Waals surface area contributed by atoms with Crippen molar-refractivity contribution < 1.29 is 23.9 Å². The van der Waals surface area contributed by atoms with Gasteiger partial charge in [0.2, 0.25) is 0 Å². The molecule has 8 rings (SSSR count). The number of esters is 1. The van der Waals surface area contributed by atoms with Gasteiger partial charge in [0.15, 0.2) is 0 Å². The number of hydrogen-bond donors (Lipinski definition) is 0. The number of fused-ring (bicyclic) bond motifs is 5. The molecule has 0 aromatic heterocycles. The zero-order chi connectivity index (χ0) is 29.8. The van der Waals surface area contributed by atoms with Gasteiger partial charge in [-0.1, -0.05) is 20.8 Å². The van der Waals surface area contributed by atoms with Crippen LogP contribution in [0.5, 0.6) is 0 Å². The second-order valence-corrected chi connectivity index (χ2v) is 17.6. The highest BCUT2D eigenvalue weighted by Gasteiger charge is 2.66. The van der Waals surface area contributed by atoms with Gasteiger partial charge in [0, 0.05) is 48.9 Å². The first-order chi connectivity index (χ1) is 19.8. The van der Waals surface area contributed by atoms with Crippen molar-refractivity contribution in [1.29, 1.82) is 0 Å². The van der Waals surface area contributed by atoms with E-state index in [4.69, 9.17) is 4.74 Å². The van der Waals surface area contributed by atoms with Crippen molar-refractivity contribution in [3.8, 4) is 0 Å². The van der Waals surface area contributed by atoms with Gasteiger partial charge < -0.3 is 4.74 Å². The summed E-state index contributed by atoms with van der Waals surface area (Å²) in [6.07, 6.45) is 13.7. The van der Waals surface area contributed by atoms with E-state index in [2.05, 4.69) is 34.6 Å². The summed E-state index contributed by atoms with van der Waals surface area (Å²) in [4.78, 5) is 53.4. The highest BCUT2D eigenvalue weighted by molar-refractivity contribution is 5.93. The second kappa shape index (κ2) is 9.74. The Balaban J connectivity index is 1.01. The van der Waals surface area contributed by atoms with Crippen molar-refractivity contribution in [3.05, 3.63) is 0 Å². The molecule has 0 N–H and O–H groups in total. The van der Waals surface area contributed by atoms with Gasteiger partial charge in [0.25, 0.3) is 0 Å². The van der Waals surface area contributed by atoms with Gasteiger partial charge in [0.1, 0.15) is 23.0 Å². The molecule has 42 heavy (non-hydrogen) atoms. The van der Waals surface area contributed by atoms with E-state index in [0.29, 0.717) is 43.7 Å². The molecular formula is C37H54O5. The van der Waals surface area contributed by atoms with E-state index in [1.54, 1.807) is 0 Å². The van der Waals surface area contributed by atoms with Crippen molar-refractivity contribution in [3.63, 3.8) is 0 Å². The molecule has 4 bridgehead atoms. The molecule has 0 saturated heterocycles.